The second kappa shape index (κ2) is 5.20. The molecular weight excluding hydrogens is 273 g/mol. The lowest BCUT2D eigenvalue weighted by Crippen LogP contribution is -2.11. The molecule has 0 radical (unpaired) electrons. The Labute approximate surface area is 112 Å². The van der Waals surface area contributed by atoms with Crippen LogP contribution in [0.15, 0.2) is 54.9 Å². The summed E-state index contributed by atoms with van der Waals surface area (Å²) in [6.45, 7) is 0. The maximum absolute atomic E-state index is 12.6. The quantitative estimate of drug-likeness (QED) is 0.608. The number of alkyl halides is 3. The molecule has 0 aliphatic carbocycles. The Morgan fingerprint density at radius 1 is 1.05 bits per heavy atom. The Bertz CT molecular complexity index is 603. The van der Waals surface area contributed by atoms with Gasteiger partial charge in [0, 0.05) is 18.5 Å². The minimum Gasteiger partial charge on any atom is -0.318 e. The highest BCUT2D eigenvalue weighted by Gasteiger charge is 2.33. The SMILES string of the molecule is O=[N+]([O-])c1cc(C(F)(F)F)ccc1N1C=CC=CC=C1. The molecule has 0 amide bonds. The summed E-state index contributed by atoms with van der Waals surface area (Å²) in [6, 6.07) is 2.44. The zero-order valence-corrected chi connectivity index (χ0v) is 10.0. The molecule has 1 aliphatic heterocycles. The first kappa shape index (κ1) is 13.9. The van der Waals surface area contributed by atoms with E-state index in [0.717, 1.165) is 12.1 Å². The molecule has 0 atom stereocenters. The van der Waals surface area contributed by atoms with Crippen LogP contribution in [0.3, 0.4) is 0 Å². The molecule has 0 N–H and O–H groups in total. The van der Waals surface area contributed by atoms with Crippen molar-refractivity contribution in [3.8, 4) is 0 Å². The maximum Gasteiger partial charge on any atom is 0.416 e. The van der Waals surface area contributed by atoms with Crippen LogP contribution < -0.4 is 4.90 Å². The van der Waals surface area contributed by atoms with Crippen LogP contribution >= 0.6 is 0 Å². The number of hydrogen-bond donors (Lipinski definition) is 0. The minimum absolute atomic E-state index is 0.0687. The third-order valence-corrected chi connectivity index (χ3v) is 2.60. The molecule has 104 valence electrons. The monoisotopic (exact) mass is 282 g/mol. The van der Waals surface area contributed by atoms with Crippen LogP contribution in [-0.2, 0) is 6.18 Å². The first-order valence-electron chi connectivity index (χ1n) is 5.55. The van der Waals surface area contributed by atoms with Gasteiger partial charge in [-0.25, -0.2) is 0 Å². The number of halogens is 3. The van der Waals surface area contributed by atoms with E-state index in [0.29, 0.717) is 6.07 Å². The first-order valence-corrected chi connectivity index (χ1v) is 5.55. The minimum atomic E-state index is -4.62. The van der Waals surface area contributed by atoms with Crippen molar-refractivity contribution in [1.29, 1.82) is 0 Å². The van der Waals surface area contributed by atoms with Crippen molar-refractivity contribution >= 4 is 11.4 Å². The van der Waals surface area contributed by atoms with Crippen LogP contribution in [0, 0.1) is 10.1 Å². The number of nitro groups is 1. The number of nitrogens with zero attached hydrogens (tertiary/aromatic N) is 2. The highest BCUT2D eigenvalue weighted by molar-refractivity contribution is 5.68. The fraction of sp³-hybridized carbons (Fsp3) is 0.0769. The van der Waals surface area contributed by atoms with E-state index in [1.165, 1.54) is 17.3 Å². The van der Waals surface area contributed by atoms with Gasteiger partial charge in [0.2, 0.25) is 0 Å². The molecule has 7 heteroatoms. The number of benzene rings is 1. The van der Waals surface area contributed by atoms with Crippen LogP contribution in [-0.4, -0.2) is 4.92 Å². The van der Waals surface area contributed by atoms with Gasteiger partial charge in [0.15, 0.2) is 0 Å². The van der Waals surface area contributed by atoms with Gasteiger partial charge >= 0.3 is 6.18 Å². The number of hydrogen-bond acceptors (Lipinski definition) is 3. The van der Waals surface area contributed by atoms with Crippen molar-refractivity contribution in [2.75, 3.05) is 4.90 Å². The van der Waals surface area contributed by atoms with Crippen molar-refractivity contribution in [2.24, 2.45) is 0 Å². The topological polar surface area (TPSA) is 46.4 Å². The summed E-state index contributed by atoms with van der Waals surface area (Å²) in [5, 5.41) is 11.0. The van der Waals surface area contributed by atoms with Crippen molar-refractivity contribution in [2.45, 2.75) is 6.18 Å². The van der Waals surface area contributed by atoms with Crippen LogP contribution in [0.5, 0.6) is 0 Å². The number of rotatable bonds is 2. The van der Waals surface area contributed by atoms with Gasteiger partial charge in [-0.15, -0.1) is 0 Å². The van der Waals surface area contributed by atoms with Gasteiger partial charge in [-0.2, -0.15) is 13.2 Å². The Hall–Kier alpha value is -2.57. The molecule has 0 unspecified atom stereocenters. The van der Waals surface area contributed by atoms with Crippen LogP contribution in [0.25, 0.3) is 0 Å². The summed E-state index contributed by atoms with van der Waals surface area (Å²) in [4.78, 5) is 11.5. The van der Waals surface area contributed by atoms with E-state index in [4.69, 9.17) is 0 Å². The molecule has 0 saturated heterocycles. The molecular formula is C13H9F3N2O2. The lowest BCUT2D eigenvalue weighted by Gasteiger charge is -2.16. The molecule has 0 spiro atoms. The second-order valence-electron chi connectivity index (χ2n) is 3.93. The summed E-state index contributed by atoms with van der Waals surface area (Å²) in [6.07, 6.45) is 5.09. The molecule has 20 heavy (non-hydrogen) atoms. The van der Waals surface area contributed by atoms with Gasteiger partial charge in [-0.05, 0) is 24.3 Å². The highest BCUT2D eigenvalue weighted by atomic mass is 19.4. The predicted molar refractivity (Wildman–Crippen MR) is 68.0 cm³/mol. The smallest absolute Gasteiger partial charge is 0.318 e. The average Bonchev–Trinajstić information content (AvgIpc) is 2.65. The Morgan fingerprint density at radius 3 is 2.15 bits per heavy atom. The molecule has 0 fully saturated rings. The normalized spacial score (nSPS) is 14.4. The summed E-state index contributed by atoms with van der Waals surface area (Å²) in [5.74, 6) is 0. The van der Waals surface area contributed by atoms with Crippen molar-refractivity contribution < 1.29 is 18.1 Å². The molecule has 0 aromatic heterocycles. The van der Waals surface area contributed by atoms with Crippen LogP contribution in [0.1, 0.15) is 5.56 Å². The van der Waals surface area contributed by atoms with Crippen molar-refractivity contribution in [3.05, 3.63) is 70.6 Å². The van der Waals surface area contributed by atoms with Gasteiger partial charge in [0.25, 0.3) is 5.69 Å². The molecule has 1 aliphatic rings. The summed E-state index contributed by atoms with van der Waals surface area (Å²) >= 11 is 0. The van der Waals surface area contributed by atoms with Gasteiger partial charge in [-0.1, -0.05) is 12.2 Å². The zero-order chi connectivity index (χ0) is 14.8. The van der Waals surface area contributed by atoms with Crippen LogP contribution in [0.4, 0.5) is 24.5 Å². The standard InChI is InChI=1S/C13H9F3N2O2/c14-13(15,16)10-5-6-11(12(9-10)18(19)20)17-7-3-1-2-4-8-17/h1-9H. The summed E-state index contributed by atoms with van der Waals surface area (Å²) in [7, 11) is 0. The van der Waals surface area contributed by atoms with E-state index >= 15 is 0 Å². The second-order valence-corrected chi connectivity index (χ2v) is 3.93. The Balaban J connectivity index is 2.51. The van der Waals surface area contributed by atoms with Gasteiger partial charge in [0.05, 0.1) is 10.5 Å². The molecule has 0 saturated carbocycles. The summed E-state index contributed by atoms with van der Waals surface area (Å²) < 4.78 is 37.8. The largest absolute Gasteiger partial charge is 0.416 e. The van der Waals surface area contributed by atoms with Gasteiger partial charge in [0.1, 0.15) is 5.69 Å². The van der Waals surface area contributed by atoms with Crippen LogP contribution in [0.2, 0.25) is 0 Å². The van der Waals surface area contributed by atoms with E-state index < -0.39 is 22.4 Å². The fourth-order valence-electron chi connectivity index (χ4n) is 1.69. The molecule has 2 rings (SSSR count). The fourth-order valence-corrected chi connectivity index (χ4v) is 1.69. The highest BCUT2D eigenvalue weighted by Crippen LogP contribution is 2.36. The van der Waals surface area contributed by atoms with E-state index in [2.05, 4.69) is 0 Å². The predicted octanol–water partition coefficient (Wildman–Crippen LogP) is 4.02. The third kappa shape index (κ3) is 2.87. The van der Waals surface area contributed by atoms with E-state index in [-0.39, 0.29) is 5.69 Å². The number of anilines is 1. The summed E-state index contributed by atoms with van der Waals surface area (Å²) in [5.41, 5.74) is -1.58. The molecule has 1 aromatic carbocycles. The first-order chi connectivity index (χ1) is 9.39. The lowest BCUT2D eigenvalue weighted by atomic mass is 10.1. The maximum atomic E-state index is 12.6. The van der Waals surface area contributed by atoms with Crippen molar-refractivity contribution in [3.63, 3.8) is 0 Å². The Morgan fingerprint density at radius 2 is 1.65 bits per heavy atom. The molecule has 1 heterocycles. The molecule has 4 nitrogen and oxygen atoms in total. The van der Waals surface area contributed by atoms with E-state index in [1.54, 1.807) is 24.3 Å². The zero-order valence-electron chi connectivity index (χ0n) is 10.0. The molecule has 0 bridgehead atoms. The number of nitro benzene ring substituents is 1. The third-order valence-electron chi connectivity index (χ3n) is 2.60. The van der Waals surface area contributed by atoms with Gasteiger partial charge < -0.3 is 4.90 Å². The van der Waals surface area contributed by atoms with E-state index in [9.17, 15) is 23.3 Å². The average molecular weight is 282 g/mol. The number of allylic oxidation sites excluding steroid dienone is 4. The Kier molecular flexibility index (Phi) is 3.60. The van der Waals surface area contributed by atoms with Crippen molar-refractivity contribution in [1.82, 2.24) is 0 Å². The van der Waals surface area contributed by atoms with Gasteiger partial charge in [-0.3, -0.25) is 10.1 Å². The molecule has 1 aromatic rings. The lowest BCUT2D eigenvalue weighted by molar-refractivity contribution is -0.384. The van der Waals surface area contributed by atoms with E-state index in [1.807, 2.05) is 0 Å².